The molecule has 0 aliphatic rings. The summed E-state index contributed by atoms with van der Waals surface area (Å²) in [5.74, 6) is 0.442. The van der Waals surface area contributed by atoms with Crippen molar-refractivity contribution in [2.45, 2.75) is 4.90 Å². The van der Waals surface area contributed by atoms with Crippen LogP contribution in [0.5, 0.6) is 5.75 Å². The Hall–Kier alpha value is -2.32. The fourth-order valence-corrected chi connectivity index (χ4v) is 2.98. The summed E-state index contributed by atoms with van der Waals surface area (Å²) in [4.78, 5) is 0.117. The lowest BCUT2D eigenvalue weighted by atomic mass is 10.3. The van der Waals surface area contributed by atoms with E-state index in [4.69, 9.17) is 22.7 Å². The number of nitrogens with two attached hydrogens (primary N) is 1. The molecule has 2 aromatic carbocycles. The van der Waals surface area contributed by atoms with Crippen molar-refractivity contribution in [1.82, 2.24) is 0 Å². The van der Waals surface area contributed by atoms with Gasteiger partial charge in [0.15, 0.2) is 5.11 Å². The van der Waals surface area contributed by atoms with Gasteiger partial charge in [0.2, 0.25) is 0 Å². The van der Waals surface area contributed by atoms with Gasteiger partial charge >= 0.3 is 0 Å². The third-order valence-corrected chi connectivity index (χ3v) is 4.27. The van der Waals surface area contributed by atoms with E-state index in [9.17, 15) is 8.42 Å². The van der Waals surface area contributed by atoms with Crippen molar-refractivity contribution >= 4 is 38.7 Å². The molecule has 0 radical (unpaired) electrons. The van der Waals surface area contributed by atoms with Crippen molar-refractivity contribution < 1.29 is 13.2 Å². The zero-order valence-corrected chi connectivity index (χ0v) is 13.4. The quantitative estimate of drug-likeness (QED) is 0.724. The standard InChI is InChI=1S/C14H15N3O3S2/c1-20-13-5-3-2-4-12(13)17-22(18,19)11-8-6-10(7-9-11)16-14(15)21/h2-9,17H,1H3,(H3,15,16,21). The van der Waals surface area contributed by atoms with Crippen molar-refractivity contribution in [2.75, 3.05) is 17.1 Å². The molecule has 0 saturated heterocycles. The topological polar surface area (TPSA) is 93.4 Å². The van der Waals surface area contributed by atoms with E-state index in [1.54, 1.807) is 36.4 Å². The van der Waals surface area contributed by atoms with Crippen LogP contribution in [0, 0.1) is 0 Å². The first-order chi connectivity index (χ1) is 10.4. The van der Waals surface area contributed by atoms with Crippen LogP contribution in [0.15, 0.2) is 53.4 Å². The van der Waals surface area contributed by atoms with Crippen LogP contribution in [-0.4, -0.2) is 20.6 Å². The molecule has 0 bridgehead atoms. The number of hydrogen-bond donors (Lipinski definition) is 3. The Morgan fingerprint density at radius 3 is 2.36 bits per heavy atom. The molecule has 22 heavy (non-hydrogen) atoms. The number of methoxy groups -OCH3 is 1. The highest BCUT2D eigenvalue weighted by Crippen LogP contribution is 2.26. The third-order valence-electron chi connectivity index (χ3n) is 2.78. The molecule has 8 heteroatoms. The average Bonchev–Trinajstić information content (AvgIpc) is 2.47. The first-order valence-electron chi connectivity index (χ1n) is 6.25. The molecule has 6 nitrogen and oxygen atoms in total. The van der Waals surface area contributed by atoms with Crippen LogP contribution in [0.4, 0.5) is 11.4 Å². The normalized spacial score (nSPS) is 10.8. The van der Waals surface area contributed by atoms with Crippen LogP contribution in [0.3, 0.4) is 0 Å². The van der Waals surface area contributed by atoms with Gasteiger partial charge in [0.25, 0.3) is 10.0 Å². The summed E-state index contributed by atoms with van der Waals surface area (Å²) >= 11 is 4.72. The number of nitrogens with one attached hydrogen (secondary N) is 2. The lowest BCUT2D eigenvalue weighted by molar-refractivity contribution is 0.417. The molecular weight excluding hydrogens is 322 g/mol. The number of benzene rings is 2. The maximum atomic E-state index is 12.4. The molecule has 0 amide bonds. The van der Waals surface area contributed by atoms with Gasteiger partial charge < -0.3 is 15.8 Å². The SMILES string of the molecule is COc1ccccc1NS(=O)(=O)c1ccc(NC(N)=S)cc1. The van der Waals surface area contributed by atoms with Gasteiger partial charge in [-0.15, -0.1) is 0 Å². The summed E-state index contributed by atoms with van der Waals surface area (Å²) in [7, 11) is -2.24. The maximum absolute atomic E-state index is 12.4. The van der Waals surface area contributed by atoms with E-state index in [0.717, 1.165) is 0 Å². The fourth-order valence-electron chi connectivity index (χ4n) is 1.79. The number of anilines is 2. The number of ether oxygens (including phenoxy) is 1. The van der Waals surface area contributed by atoms with E-state index in [1.807, 2.05) is 0 Å². The minimum absolute atomic E-state index is 0.114. The molecule has 0 spiro atoms. The molecule has 0 fully saturated rings. The van der Waals surface area contributed by atoms with E-state index < -0.39 is 10.0 Å². The number of thiocarbonyl (C=S) groups is 1. The van der Waals surface area contributed by atoms with Crippen LogP contribution in [0.1, 0.15) is 0 Å². The Balaban J connectivity index is 2.25. The van der Waals surface area contributed by atoms with E-state index in [2.05, 4.69) is 10.0 Å². The Morgan fingerprint density at radius 1 is 1.14 bits per heavy atom. The van der Waals surface area contributed by atoms with E-state index in [0.29, 0.717) is 17.1 Å². The van der Waals surface area contributed by atoms with E-state index in [1.165, 1.54) is 19.2 Å². The second-order valence-corrected chi connectivity index (χ2v) is 6.44. The molecular formula is C14H15N3O3S2. The molecule has 0 saturated carbocycles. The molecule has 116 valence electrons. The Kier molecular flexibility index (Phi) is 4.84. The summed E-state index contributed by atoms with van der Waals surface area (Å²) in [6.07, 6.45) is 0. The molecule has 0 unspecified atom stereocenters. The largest absolute Gasteiger partial charge is 0.495 e. The van der Waals surface area contributed by atoms with Crippen LogP contribution in [-0.2, 0) is 10.0 Å². The summed E-state index contributed by atoms with van der Waals surface area (Å²) in [5.41, 5.74) is 6.34. The molecule has 0 aromatic heterocycles. The van der Waals surface area contributed by atoms with Gasteiger partial charge in [0.05, 0.1) is 17.7 Å². The van der Waals surface area contributed by atoms with Crippen molar-refractivity contribution in [3.8, 4) is 5.75 Å². The predicted molar refractivity (Wildman–Crippen MR) is 90.7 cm³/mol. The maximum Gasteiger partial charge on any atom is 0.262 e. The van der Waals surface area contributed by atoms with Gasteiger partial charge in [-0.3, -0.25) is 4.72 Å². The molecule has 0 aliphatic heterocycles. The van der Waals surface area contributed by atoms with Crippen molar-refractivity contribution in [2.24, 2.45) is 5.73 Å². The van der Waals surface area contributed by atoms with Crippen molar-refractivity contribution in [3.63, 3.8) is 0 Å². The minimum atomic E-state index is -3.71. The molecule has 0 heterocycles. The summed E-state index contributed by atoms with van der Waals surface area (Å²) in [5, 5.41) is 2.84. The van der Waals surface area contributed by atoms with Crippen molar-refractivity contribution in [3.05, 3.63) is 48.5 Å². The summed E-state index contributed by atoms with van der Waals surface area (Å²) < 4.78 is 32.3. The highest BCUT2D eigenvalue weighted by atomic mass is 32.2. The lowest BCUT2D eigenvalue weighted by Gasteiger charge is -2.12. The van der Waals surface area contributed by atoms with Gasteiger partial charge in [-0.2, -0.15) is 0 Å². The highest BCUT2D eigenvalue weighted by molar-refractivity contribution is 7.92. The minimum Gasteiger partial charge on any atom is -0.495 e. The number of rotatable bonds is 5. The first kappa shape index (κ1) is 16.1. The molecule has 4 N–H and O–H groups in total. The molecule has 2 aromatic rings. The summed E-state index contributed by atoms with van der Waals surface area (Å²) in [6.45, 7) is 0. The lowest BCUT2D eigenvalue weighted by Crippen LogP contribution is -2.19. The smallest absolute Gasteiger partial charge is 0.262 e. The second kappa shape index (κ2) is 6.63. The number of para-hydroxylation sites is 2. The van der Waals surface area contributed by atoms with E-state index >= 15 is 0 Å². The van der Waals surface area contributed by atoms with E-state index in [-0.39, 0.29) is 10.0 Å². The number of hydrogen-bond acceptors (Lipinski definition) is 4. The Bertz CT molecular complexity index is 774. The monoisotopic (exact) mass is 337 g/mol. The van der Waals surface area contributed by atoms with Gasteiger partial charge in [-0.05, 0) is 48.6 Å². The second-order valence-electron chi connectivity index (χ2n) is 4.32. The van der Waals surface area contributed by atoms with Gasteiger partial charge in [-0.1, -0.05) is 12.1 Å². The molecule has 0 aliphatic carbocycles. The van der Waals surface area contributed by atoms with Crippen LogP contribution in [0.25, 0.3) is 0 Å². The zero-order valence-electron chi connectivity index (χ0n) is 11.7. The molecule has 2 rings (SSSR count). The van der Waals surface area contributed by atoms with Crippen molar-refractivity contribution in [1.29, 1.82) is 0 Å². The van der Waals surface area contributed by atoms with Crippen LogP contribution >= 0.6 is 12.2 Å². The predicted octanol–water partition coefficient (Wildman–Crippen LogP) is 2.15. The van der Waals surface area contributed by atoms with Gasteiger partial charge in [0.1, 0.15) is 5.75 Å². The van der Waals surface area contributed by atoms with Crippen LogP contribution in [0.2, 0.25) is 0 Å². The zero-order chi connectivity index (χ0) is 16.2. The first-order valence-corrected chi connectivity index (χ1v) is 8.14. The van der Waals surface area contributed by atoms with Crippen LogP contribution < -0.4 is 20.5 Å². The van der Waals surface area contributed by atoms with Gasteiger partial charge in [0, 0.05) is 5.69 Å². The third kappa shape index (κ3) is 3.86. The van der Waals surface area contributed by atoms with Gasteiger partial charge in [-0.25, -0.2) is 8.42 Å². The highest BCUT2D eigenvalue weighted by Gasteiger charge is 2.16. The Morgan fingerprint density at radius 2 is 1.77 bits per heavy atom. The number of sulfonamides is 1. The fraction of sp³-hybridized carbons (Fsp3) is 0.0714. The average molecular weight is 337 g/mol. The Labute approximate surface area is 134 Å². The summed E-state index contributed by atoms with van der Waals surface area (Å²) in [6, 6.07) is 12.8. The molecule has 0 atom stereocenters.